The molecule has 26 heavy (non-hydrogen) atoms. The molecule has 3 heteroatoms. The maximum atomic E-state index is 5.61. The summed E-state index contributed by atoms with van der Waals surface area (Å²) >= 11 is 0. The second kappa shape index (κ2) is 9.07. The SMILES string of the molecule is CCOc1ccc(-c2ccc(-c3ccc(OCCOC)cc3)cc2)cc1. The number of ether oxygens (including phenoxy) is 3. The van der Waals surface area contributed by atoms with Gasteiger partial charge in [0.1, 0.15) is 18.1 Å². The van der Waals surface area contributed by atoms with Gasteiger partial charge in [0, 0.05) is 7.11 Å². The average Bonchev–Trinajstić information content (AvgIpc) is 2.70. The molecule has 0 fully saturated rings. The Kier molecular flexibility index (Phi) is 6.29. The molecule has 0 heterocycles. The molecule has 0 radical (unpaired) electrons. The van der Waals surface area contributed by atoms with Gasteiger partial charge in [-0.1, -0.05) is 48.5 Å². The second-order valence-corrected chi connectivity index (χ2v) is 5.90. The molecule has 0 spiro atoms. The van der Waals surface area contributed by atoms with E-state index in [1.807, 2.05) is 31.2 Å². The molecule has 0 saturated heterocycles. The van der Waals surface area contributed by atoms with Crippen LogP contribution in [0.25, 0.3) is 22.3 Å². The molecule has 0 atom stereocenters. The Morgan fingerprint density at radius 3 is 1.31 bits per heavy atom. The van der Waals surface area contributed by atoms with Crippen LogP contribution in [0, 0.1) is 0 Å². The molecule has 3 nitrogen and oxygen atoms in total. The number of hydrogen-bond donors (Lipinski definition) is 0. The van der Waals surface area contributed by atoms with E-state index < -0.39 is 0 Å². The fourth-order valence-electron chi connectivity index (χ4n) is 2.75. The molecule has 0 N–H and O–H groups in total. The van der Waals surface area contributed by atoms with E-state index in [2.05, 4.69) is 48.5 Å². The van der Waals surface area contributed by atoms with Crippen molar-refractivity contribution in [3.63, 3.8) is 0 Å². The van der Waals surface area contributed by atoms with Gasteiger partial charge in [0.05, 0.1) is 13.2 Å². The molecule has 0 saturated carbocycles. The largest absolute Gasteiger partial charge is 0.494 e. The fraction of sp³-hybridized carbons (Fsp3) is 0.217. The van der Waals surface area contributed by atoms with Gasteiger partial charge < -0.3 is 14.2 Å². The summed E-state index contributed by atoms with van der Waals surface area (Å²) in [6.45, 7) is 3.83. The van der Waals surface area contributed by atoms with Crippen LogP contribution in [0.1, 0.15) is 6.92 Å². The van der Waals surface area contributed by atoms with E-state index in [1.165, 1.54) is 22.3 Å². The van der Waals surface area contributed by atoms with Crippen LogP contribution in [-0.2, 0) is 4.74 Å². The lowest BCUT2D eigenvalue weighted by atomic mass is 10.0. The Morgan fingerprint density at radius 2 is 0.923 bits per heavy atom. The van der Waals surface area contributed by atoms with Gasteiger partial charge in [-0.15, -0.1) is 0 Å². The van der Waals surface area contributed by atoms with Crippen LogP contribution in [0.5, 0.6) is 11.5 Å². The van der Waals surface area contributed by atoms with Gasteiger partial charge in [-0.05, 0) is 53.4 Å². The Balaban J connectivity index is 1.68. The Morgan fingerprint density at radius 1 is 0.538 bits per heavy atom. The normalized spacial score (nSPS) is 10.5. The number of benzene rings is 3. The Hall–Kier alpha value is -2.78. The zero-order valence-corrected chi connectivity index (χ0v) is 15.3. The minimum absolute atomic E-state index is 0.562. The lowest BCUT2D eigenvalue weighted by Crippen LogP contribution is -2.03. The van der Waals surface area contributed by atoms with Gasteiger partial charge in [-0.3, -0.25) is 0 Å². The first-order chi connectivity index (χ1) is 12.8. The van der Waals surface area contributed by atoms with Crippen LogP contribution in [0.2, 0.25) is 0 Å². The van der Waals surface area contributed by atoms with Crippen molar-refractivity contribution in [2.75, 3.05) is 26.9 Å². The standard InChI is InChI=1S/C23H24O3/c1-3-25-22-12-8-20(9-13-22)18-4-6-19(7-5-18)21-10-14-23(15-11-21)26-17-16-24-2/h4-15H,3,16-17H2,1-2H3. The third-order valence-electron chi connectivity index (χ3n) is 4.13. The minimum Gasteiger partial charge on any atom is -0.494 e. The molecule has 0 bridgehead atoms. The third kappa shape index (κ3) is 4.64. The van der Waals surface area contributed by atoms with Gasteiger partial charge in [0.15, 0.2) is 0 Å². The summed E-state index contributed by atoms with van der Waals surface area (Å²) < 4.78 is 16.1. The monoisotopic (exact) mass is 348 g/mol. The van der Waals surface area contributed by atoms with Crippen LogP contribution >= 0.6 is 0 Å². The molecule has 0 aromatic heterocycles. The van der Waals surface area contributed by atoms with Crippen LogP contribution in [0.15, 0.2) is 72.8 Å². The molecule has 3 aromatic carbocycles. The number of methoxy groups -OCH3 is 1. The molecule has 134 valence electrons. The quantitative estimate of drug-likeness (QED) is 0.507. The zero-order valence-electron chi connectivity index (χ0n) is 15.3. The highest BCUT2D eigenvalue weighted by Crippen LogP contribution is 2.27. The lowest BCUT2D eigenvalue weighted by molar-refractivity contribution is 0.146. The number of rotatable bonds is 8. The van der Waals surface area contributed by atoms with E-state index in [9.17, 15) is 0 Å². The van der Waals surface area contributed by atoms with Gasteiger partial charge in [0.2, 0.25) is 0 Å². The van der Waals surface area contributed by atoms with E-state index in [0.717, 1.165) is 11.5 Å². The highest BCUT2D eigenvalue weighted by molar-refractivity contribution is 5.71. The molecule has 0 aliphatic rings. The van der Waals surface area contributed by atoms with E-state index in [1.54, 1.807) is 7.11 Å². The summed E-state index contributed by atoms with van der Waals surface area (Å²) in [6, 6.07) is 24.9. The van der Waals surface area contributed by atoms with Crippen LogP contribution in [0.3, 0.4) is 0 Å². The van der Waals surface area contributed by atoms with Crippen molar-refractivity contribution in [3.8, 4) is 33.8 Å². The van der Waals surface area contributed by atoms with Gasteiger partial charge in [0.25, 0.3) is 0 Å². The summed E-state index contributed by atoms with van der Waals surface area (Å²) in [6.07, 6.45) is 0. The van der Waals surface area contributed by atoms with Crippen molar-refractivity contribution in [3.05, 3.63) is 72.8 Å². The summed E-state index contributed by atoms with van der Waals surface area (Å²) in [5.74, 6) is 1.76. The second-order valence-electron chi connectivity index (χ2n) is 5.90. The summed E-state index contributed by atoms with van der Waals surface area (Å²) in [4.78, 5) is 0. The molecule has 0 aliphatic carbocycles. The third-order valence-corrected chi connectivity index (χ3v) is 4.13. The summed E-state index contributed by atoms with van der Waals surface area (Å²) in [7, 11) is 1.67. The van der Waals surface area contributed by atoms with Crippen LogP contribution in [0.4, 0.5) is 0 Å². The molecule has 0 aliphatic heterocycles. The zero-order chi connectivity index (χ0) is 18.2. The molecular formula is C23H24O3. The van der Waals surface area contributed by atoms with Crippen molar-refractivity contribution in [1.29, 1.82) is 0 Å². The predicted octanol–water partition coefficient (Wildman–Crippen LogP) is 5.44. The van der Waals surface area contributed by atoms with Crippen molar-refractivity contribution in [1.82, 2.24) is 0 Å². The van der Waals surface area contributed by atoms with Crippen molar-refractivity contribution < 1.29 is 14.2 Å². The maximum Gasteiger partial charge on any atom is 0.119 e. The minimum atomic E-state index is 0.562. The van der Waals surface area contributed by atoms with Gasteiger partial charge in [-0.25, -0.2) is 0 Å². The van der Waals surface area contributed by atoms with E-state index >= 15 is 0 Å². The smallest absolute Gasteiger partial charge is 0.119 e. The molecule has 3 aromatic rings. The van der Waals surface area contributed by atoms with Gasteiger partial charge >= 0.3 is 0 Å². The first-order valence-electron chi connectivity index (χ1n) is 8.85. The van der Waals surface area contributed by atoms with E-state index in [-0.39, 0.29) is 0 Å². The molecule has 3 rings (SSSR count). The van der Waals surface area contributed by atoms with E-state index in [4.69, 9.17) is 14.2 Å². The molecule has 0 amide bonds. The molecule has 0 unspecified atom stereocenters. The maximum absolute atomic E-state index is 5.61. The van der Waals surface area contributed by atoms with Crippen molar-refractivity contribution >= 4 is 0 Å². The average molecular weight is 348 g/mol. The van der Waals surface area contributed by atoms with E-state index in [0.29, 0.717) is 19.8 Å². The summed E-state index contributed by atoms with van der Waals surface area (Å²) in [5, 5.41) is 0. The van der Waals surface area contributed by atoms with Crippen molar-refractivity contribution in [2.45, 2.75) is 6.92 Å². The first-order valence-corrected chi connectivity index (χ1v) is 8.85. The van der Waals surface area contributed by atoms with Crippen LogP contribution in [-0.4, -0.2) is 26.9 Å². The lowest BCUT2D eigenvalue weighted by Gasteiger charge is -2.08. The first kappa shape index (κ1) is 18.0. The highest BCUT2D eigenvalue weighted by Gasteiger charge is 2.02. The Bertz CT molecular complexity index is 790. The molecular weight excluding hydrogens is 324 g/mol. The highest BCUT2D eigenvalue weighted by atomic mass is 16.5. The van der Waals surface area contributed by atoms with Gasteiger partial charge in [-0.2, -0.15) is 0 Å². The Labute approximate surface area is 155 Å². The predicted molar refractivity (Wildman–Crippen MR) is 106 cm³/mol. The topological polar surface area (TPSA) is 27.7 Å². The number of hydrogen-bond acceptors (Lipinski definition) is 3. The summed E-state index contributed by atoms with van der Waals surface area (Å²) in [5.41, 5.74) is 4.73. The fourth-order valence-corrected chi connectivity index (χ4v) is 2.75. The van der Waals surface area contributed by atoms with Crippen LogP contribution < -0.4 is 9.47 Å². The van der Waals surface area contributed by atoms with Crippen molar-refractivity contribution in [2.24, 2.45) is 0 Å².